The van der Waals surface area contributed by atoms with E-state index >= 15 is 0 Å². The van der Waals surface area contributed by atoms with Gasteiger partial charge in [-0.1, -0.05) is 0 Å². The number of rotatable bonds is 1. The second kappa shape index (κ2) is 3.54. The standard InChI is InChI=1S/C9H14N2S/c1-11-4-2-8(3-5-11)9-6-10-7-12-9/h6-8H,2-5H2,1H3. The molecule has 2 rings (SSSR count). The first-order chi connectivity index (χ1) is 5.86. The van der Waals surface area contributed by atoms with Crippen molar-refractivity contribution < 1.29 is 0 Å². The Bertz CT molecular complexity index is 225. The Labute approximate surface area is 77.2 Å². The molecule has 1 aromatic heterocycles. The maximum atomic E-state index is 4.12. The van der Waals surface area contributed by atoms with Crippen LogP contribution in [0, 0.1) is 0 Å². The van der Waals surface area contributed by atoms with Gasteiger partial charge in [0, 0.05) is 11.1 Å². The SMILES string of the molecule is CN1CCC(c2cncs2)CC1. The predicted octanol–water partition coefficient (Wildman–Crippen LogP) is 1.95. The number of likely N-dealkylation sites (tertiary alicyclic amines) is 1. The first-order valence-electron chi connectivity index (χ1n) is 4.43. The van der Waals surface area contributed by atoms with E-state index in [-0.39, 0.29) is 0 Å². The van der Waals surface area contributed by atoms with Gasteiger partial charge in [-0.15, -0.1) is 11.3 Å². The fourth-order valence-corrected chi connectivity index (χ4v) is 2.51. The van der Waals surface area contributed by atoms with Crippen molar-refractivity contribution in [3.63, 3.8) is 0 Å². The van der Waals surface area contributed by atoms with Crippen LogP contribution in [-0.2, 0) is 0 Å². The Hall–Kier alpha value is -0.410. The molecule has 0 aliphatic carbocycles. The third kappa shape index (κ3) is 1.67. The van der Waals surface area contributed by atoms with Crippen LogP contribution in [0.15, 0.2) is 11.7 Å². The second-order valence-electron chi connectivity index (χ2n) is 3.48. The highest BCUT2D eigenvalue weighted by atomic mass is 32.1. The molecule has 1 aliphatic heterocycles. The lowest BCUT2D eigenvalue weighted by Gasteiger charge is -2.27. The number of hydrogen-bond acceptors (Lipinski definition) is 3. The Morgan fingerprint density at radius 3 is 2.83 bits per heavy atom. The van der Waals surface area contributed by atoms with Gasteiger partial charge in [0.2, 0.25) is 0 Å². The van der Waals surface area contributed by atoms with Gasteiger partial charge < -0.3 is 4.90 Å². The molecule has 0 spiro atoms. The van der Waals surface area contributed by atoms with Crippen LogP contribution >= 0.6 is 11.3 Å². The molecule has 0 amide bonds. The maximum absolute atomic E-state index is 4.12. The minimum atomic E-state index is 0.786. The van der Waals surface area contributed by atoms with Crippen LogP contribution in [0.25, 0.3) is 0 Å². The van der Waals surface area contributed by atoms with Crippen molar-refractivity contribution >= 4 is 11.3 Å². The molecule has 1 fully saturated rings. The lowest BCUT2D eigenvalue weighted by Crippen LogP contribution is -2.28. The molecule has 0 bridgehead atoms. The summed E-state index contributed by atoms with van der Waals surface area (Å²) in [5.74, 6) is 0.786. The third-order valence-corrected chi connectivity index (χ3v) is 3.51. The summed E-state index contributed by atoms with van der Waals surface area (Å²) in [6.45, 7) is 2.48. The van der Waals surface area contributed by atoms with Gasteiger partial charge in [-0.25, -0.2) is 0 Å². The number of hydrogen-bond donors (Lipinski definition) is 0. The van der Waals surface area contributed by atoms with Gasteiger partial charge in [-0.05, 0) is 38.9 Å². The van der Waals surface area contributed by atoms with Crippen LogP contribution in [0.5, 0.6) is 0 Å². The molecule has 66 valence electrons. The predicted molar refractivity (Wildman–Crippen MR) is 51.6 cm³/mol. The number of nitrogens with zero attached hydrogens (tertiary/aromatic N) is 2. The summed E-state index contributed by atoms with van der Waals surface area (Å²) in [6.07, 6.45) is 4.64. The average Bonchev–Trinajstić information content (AvgIpc) is 2.58. The summed E-state index contributed by atoms with van der Waals surface area (Å²) in [6, 6.07) is 0. The van der Waals surface area contributed by atoms with E-state index in [0.717, 1.165) is 5.92 Å². The van der Waals surface area contributed by atoms with E-state index in [1.54, 1.807) is 11.3 Å². The van der Waals surface area contributed by atoms with E-state index in [2.05, 4.69) is 16.9 Å². The first kappa shape index (κ1) is 8.20. The fraction of sp³-hybridized carbons (Fsp3) is 0.667. The summed E-state index contributed by atoms with van der Waals surface area (Å²) in [7, 11) is 2.20. The van der Waals surface area contributed by atoms with Crippen molar-refractivity contribution in [2.45, 2.75) is 18.8 Å². The number of aromatic nitrogens is 1. The van der Waals surface area contributed by atoms with Gasteiger partial charge in [0.25, 0.3) is 0 Å². The minimum absolute atomic E-state index is 0.786. The van der Waals surface area contributed by atoms with Gasteiger partial charge >= 0.3 is 0 Å². The van der Waals surface area contributed by atoms with Crippen molar-refractivity contribution in [3.05, 3.63) is 16.6 Å². The molecular weight excluding hydrogens is 168 g/mol. The lowest BCUT2D eigenvalue weighted by atomic mass is 9.96. The molecule has 0 unspecified atom stereocenters. The van der Waals surface area contributed by atoms with E-state index in [1.807, 2.05) is 11.7 Å². The van der Waals surface area contributed by atoms with Gasteiger partial charge in [-0.3, -0.25) is 4.98 Å². The van der Waals surface area contributed by atoms with E-state index in [4.69, 9.17) is 0 Å². The number of piperidine rings is 1. The fourth-order valence-electron chi connectivity index (χ4n) is 1.72. The highest BCUT2D eigenvalue weighted by Crippen LogP contribution is 2.29. The molecule has 1 aliphatic rings. The van der Waals surface area contributed by atoms with Crippen LogP contribution in [0.2, 0.25) is 0 Å². The molecular formula is C9H14N2S. The van der Waals surface area contributed by atoms with E-state index in [0.29, 0.717) is 0 Å². The van der Waals surface area contributed by atoms with E-state index in [1.165, 1.54) is 30.8 Å². The smallest absolute Gasteiger partial charge is 0.0794 e. The van der Waals surface area contributed by atoms with Crippen molar-refractivity contribution in [2.75, 3.05) is 20.1 Å². The monoisotopic (exact) mass is 182 g/mol. The molecule has 0 aromatic carbocycles. The van der Waals surface area contributed by atoms with Crippen LogP contribution in [0.3, 0.4) is 0 Å². The maximum Gasteiger partial charge on any atom is 0.0794 e. The zero-order valence-corrected chi connectivity index (χ0v) is 8.18. The molecule has 3 heteroatoms. The summed E-state index contributed by atoms with van der Waals surface area (Å²) >= 11 is 1.80. The normalized spacial score (nSPS) is 21.4. The van der Waals surface area contributed by atoms with Gasteiger partial charge in [-0.2, -0.15) is 0 Å². The topological polar surface area (TPSA) is 16.1 Å². The molecule has 2 nitrogen and oxygen atoms in total. The summed E-state index contributed by atoms with van der Waals surface area (Å²) in [5.41, 5.74) is 1.94. The Morgan fingerprint density at radius 1 is 1.50 bits per heavy atom. The van der Waals surface area contributed by atoms with Gasteiger partial charge in [0.05, 0.1) is 5.51 Å². The molecule has 0 saturated carbocycles. The molecule has 0 radical (unpaired) electrons. The third-order valence-electron chi connectivity index (χ3n) is 2.57. The van der Waals surface area contributed by atoms with Crippen molar-refractivity contribution in [1.29, 1.82) is 0 Å². The molecule has 0 N–H and O–H groups in total. The van der Waals surface area contributed by atoms with E-state index < -0.39 is 0 Å². The highest BCUT2D eigenvalue weighted by Gasteiger charge is 2.18. The molecule has 1 aromatic rings. The van der Waals surface area contributed by atoms with Crippen LogP contribution < -0.4 is 0 Å². The Morgan fingerprint density at radius 2 is 2.25 bits per heavy atom. The largest absolute Gasteiger partial charge is 0.306 e. The van der Waals surface area contributed by atoms with Crippen LogP contribution in [0.4, 0.5) is 0 Å². The van der Waals surface area contributed by atoms with Crippen LogP contribution in [-0.4, -0.2) is 30.0 Å². The lowest BCUT2D eigenvalue weighted by molar-refractivity contribution is 0.257. The molecule has 1 saturated heterocycles. The molecule has 0 atom stereocenters. The highest BCUT2D eigenvalue weighted by molar-refractivity contribution is 7.09. The Kier molecular flexibility index (Phi) is 2.42. The van der Waals surface area contributed by atoms with Crippen LogP contribution in [0.1, 0.15) is 23.6 Å². The Balaban J connectivity index is 1.99. The quantitative estimate of drug-likeness (QED) is 0.660. The van der Waals surface area contributed by atoms with Gasteiger partial charge in [0.15, 0.2) is 0 Å². The zero-order valence-electron chi connectivity index (χ0n) is 7.36. The van der Waals surface area contributed by atoms with Crippen molar-refractivity contribution in [1.82, 2.24) is 9.88 Å². The average molecular weight is 182 g/mol. The zero-order chi connectivity index (χ0) is 8.39. The molecule has 2 heterocycles. The second-order valence-corrected chi connectivity index (χ2v) is 4.40. The van der Waals surface area contributed by atoms with Gasteiger partial charge in [0.1, 0.15) is 0 Å². The van der Waals surface area contributed by atoms with E-state index in [9.17, 15) is 0 Å². The summed E-state index contributed by atoms with van der Waals surface area (Å²) < 4.78 is 0. The van der Waals surface area contributed by atoms with Crippen molar-refractivity contribution in [3.8, 4) is 0 Å². The minimum Gasteiger partial charge on any atom is -0.306 e. The summed E-state index contributed by atoms with van der Waals surface area (Å²) in [4.78, 5) is 8.00. The summed E-state index contributed by atoms with van der Waals surface area (Å²) in [5, 5.41) is 0. The first-order valence-corrected chi connectivity index (χ1v) is 5.31. The van der Waals surface area contributed by atoms with Crippen molar-refractivity contribution in [2.24, 2.45) is 0 Å². The molecule has 12 heavy (non-hydrogen) atoms. The number of thiazole rings is 1.